The second-order valence-electron chi connectivity index (χ2n) is 5.64. The number of nitrogen functional groups attached to an aromatic ring is 2. The summed E-state index contributed by atoms with van der Waals surface area (Å²) in [5.41, 5.74) is 12.0. The van der Waals surface area contributed by atoms with Gasteiger partial charge in [0, 0.05) is 11.1 Å². The van der Waals surface area contributed by atoms with Gasteiger partial charge in [-0.1, -0.05) is 81.2 Å². The van der Waals surface area contributed by atoms with E-state index >= 15 is 0 Å². The Morgan fingerprint density at radius 3 is 1.28 bits per heavy atom. The summed E-state index contributed by atoms with van der Waals surface area (Å²) >= 11 is 43.0. The summed E-state index contributed by atoms with van der Waals surface area (Å²) in [6, 6.07) is 7.35. The second kappa shape index (κ2) is 8.94. The van der Waals surface area contributed by atoms with Gasteiger partial charge in [0.2, 0.25) is 0 Å². The number of rotatable bonds is 4. The van der Waals surface area contributed by atoms with Gasteiger partial charge in [0.05, 0.1) is 21.4 Å². The maximum Gasteiger partial charge on any atom is 0.168 e. The largest absolute Gasteiger partial charge is 0.454 e. The third kappa shape index (κ3) is 4.80. The fourth-order valence-corrected chi connectivity index (χ4v) is 3.74. The molecule has 0 aliphatic heterocycles. The zero-order valence-electron chi connectivity index (χ0n) is 14.0. The highest BCUT2D eigenvalue weighted by Gasteiger charge is 2.19. The van der Waals surface area contributed by atoms with Crippen LogP contribution in [0.3, 0.4) is 0 Å². The van der Waals surface area contributed by atoms with E-state index in [4.69, 9.17) is 102 Å². The molecule has 0 bridgehead atoms. The molecule has 3 aromatic carbocycles. The van der Waals surface area contributed by atoms with Crippen molar-refractivity contribution in [1.82, 2.24) is 0 Å². The molecule has 0 aromatic heterocycles. The standard InChI is InChI=1S/C18H9Cl7N2O2/c19-6-1-7(28-17-13(22)9(20)4-11(26)15(17)24)3-8(2-6)29-18-14(23)10(21)5-12(27)16(18)25/h1-5H,26-27H2. The third-order valence-electron chi connectivity index (χ3n) is 3.57. The van der Waals surface area contributed by atoms with Gasteiger partial charge in [0.25, 0.3) is 0 Å². The first-order valence-electron chi connectivity index (χ1n) is 7.60. The smallest absolute Gasteiger partial charge is 0.168 e. The Morgan fingerprint density at radius 1 is 0.517 bits per heavy atom. The van der Waals surface area contributed by atoms with E-state index in [0.717, 1.165) is 0 Å². The first-order chi connectivity index (χ1) is 13.6. The summed E-state index contributed by atoms with van der Waals surface area (Å²) in [6.45, 7) is 0. The summed E-state index contributed by atoms with van der Waals surface area (Å²) in [7, 11) is 0. The minimum Gasteiger partial charge on any atom is -0.454 e. The molecule has 0 spiro atoms. The minimum absolute atomic E-state index is 0.0645. The molecule has 0 fully saturated rings. The van der Waals surface area contributed by atoms with Crippen molar-refractivity contribution in [2.45, 2.75) is 0 Å². The molecule has 0 unspecified atom stereocenters. The van der Waals surface area contributed by atoms with Crippen LogP contribution < -0.4 is 20.9 Å². The van der Waals surface area contributed by atoms with Crippen LogP contribution in [0, 0.1) is 0 Å². The third-order valence-corrected chi connectivity index (χ3v) is 6.11. The van der Waals surface area contributed by atoms with E-state index < -0.39 is 0 Å². The lowest BCUT2D eigenvalue weighted by molar-refractivity contribution is 0.461. The Labute approximate surface area is 201 Å². The fourth-order valence-electron chi connectivity index (χ4n) is 2.27. The van der Waals surface area contributed by atoms with E-state index in [1.165, 1.54) is 30.3 Å². The predicted molar refractivity (Wildman–Crippen MR) is 123 cm³/mol. The molecule has 4 N–H and O–H groups in total. The van der Waals surface area contributed by atoms with Crippen molar-refractivity contribution in [2.24, 2.45) is 0 Å². The van der Waals surface area contributed by atoms with Gasteiger partial charge < -0.3 is 20.9 Å². The Morgan fingerprint density at radius 2 is 0.897 bits per heavy atom. The van der Waals surface area contributed by atoms with Crippen molar-refractivity contribution in [3.8, 4) is 23.0 Å². The highest BCUT2D eigenvalue weighted by molar-refractivity contribution is 6.46. The van der Waals surface area contributed by atoms with Crippen LogP contribution in [0.25, 0.3) is 0 Å². The highest BCUT2D eigenvalue weighted by Crippen LogP contribution is 2.47. The zero-order valence-corrected chi connectivity index (χ0v) is 19.3. The Bertz CT molecular complexity index is 986. The molecule has 152 valence electrons. The van der Waals surface area contributed by atoms with Crippen molar-refractivity contribution in [3.05, 3.63) is 65.5 Å². The van der Waals surface area contributed by atoms with E-state index in [9.17, 15) is 0 Å². The summed E-state index contributed by atoms with van der Waals surface area (Å²) in [4.78, 5) is 0. The quantitative estimate of drug-likeness (QED) is 0.259. The van der Waals surface area contributed by atoms with E-state index in [0.29, 0.717) is 0 Å². The van der Waals surface area contributed by atoms with Gasteiger partial charge in [-0.15, -0.1) is 0 Å². The number of hydrogen-bond donors (Lipinski definition) is 2. The molecule has 0 saturated carbocycles. The van der Waals surface area contributed by atoms with Crippen LogP contribution in [0.5, 0.6) is 23.0 Å². The predicted octanol–water partition coefficient (Wildman–Crippen LogP) is 9.01. The Kier molecular flexibility index (Phi) is 6.96. The van der Waals surface area contributed by atoms with Gasteiger partial charge in [0.15, 0.2) is 11.5 Å². The van der Waals surface area contributed by atoms with Crippen LogP contribution >= 0.6 is 81.2 Å². The summed E-state index contributed by atoms with van der Waals surface area (Å²) in [5, 5.41) is 0.988. The molecule has 3 rings (SSSR count). The number of nitrogens with two attached hydrogens (primary N) is 2. The molecule has 4 nitrogen and oxygen atoms in total. The van der Waals surface area contributed by atoms with Crippen LogP contribution in [0.15, 0.2) is 30.3 Å². The average Bonchev–Trinajstić information content (AvgIpc) is 2.65. The molecule has 3 aromatic rings. The van der Waals surface area contributed by atoms with Gasteiger partial charge >= 0.3 is 0 Å². The van der Waals surface area contributed by atoms with E-state index in [1.54, 1.807) is 0 Å². The highest BCUT2D eigenvalue weighted by atomic mass is 35.5. The van der Waals surface area contributed by atoms with Gasteiger partial charge in [-0.3, -0.25) is 0 Å². The lowest BCUT2D eigenvalue weighted by Gasteiger charge is -2.15. The summed E-state index contributed by atoms with van der Waals surface area (Å²) in [6.07, 6.45) is 0. The minimum atomic E-state index is 0.0645. The molecule has 0 saturated heterocycles. The van der Waals surface area contributed by atoms with Gasteiger partial charge in [-0.2, -0.15) is 0 Å². The maximum absolute atomic E-state index is 6.19. The van der Waals surface area contributed by atoms with Crippen molar-refractivity contribution in [2.75, 3.05) is 11.5 Å². The fraction of sp³-hybridized carbons (Fsp3) is 0. The van der Waals surface area contributed by atoms with Crippen molar-refractivity contribution in [3.63, 3.8) is 0 Å². The van der Waals surface area contributed by atoms with Crippen molar-refractivity contribution >= 4 is 92.6 Å². The van der Waals surface area contributed by atoms with Crippen LogP contribution in [0.4, 0.5) is 11.4 Å². The molecule has 0 aliphatic carbocycles. The van der Waals surface area contributed by atoms with Crippen molar-refractivity contribution < 1.29 is 9.47 Å². The molecule has 29 heavy (non-hydrogen) atoms. The molecule has 0 aliphatic rings. The number of hydrogen-bond acceptors (Lipinski definition) is 4. The average molecular weight is 533 g/mol. The SMILES string of the molecule is Nc1cc(Cl)c(Cl)c(Oc2cc(Cl)cc(Oc3c(Cl)c(N)cc(Cl)c3Cl)c2)c1Cl. The number of halogens is 7. The lowest BCUT2D eigenvalue weighted by atomic mass is 10.2. The Balaban J connectivity index is 2.01. The first-order valence-corrected chi connectivity index (χ1v) is 10.2. The molecular weight excluding hydrogens is 524 g/mol. The van der Waals surface area contributed by atoms with Crippen LogP contribution in [-0.2, 0) is 0 Å². The normalized spacial score (nSPS) is 10.9. The van der Waals surface area contributed by atoms with Crippen molar-refractivity contribution in [1.29, 1.82) is 0 Å². The van der Waals surface area contributed by atoms with E-state index in [2.05, 4.69) is 0 Å². The van der Waals surface area contributed by atoms with Gasteiger partial charge in [-0.05, 0) is 24.3 Å². The molecule has 11 heteroatoms. The number of benzene rings is 3. The monoisotopic (exact) mass is 530 g/mol. The second-order valence-corrected chi connectivity index (χ2v) is 8.40. The van der Waals surface area contributed by atoms with Crippen LogP contribution in [0.2, 0.25) is 35.2 Å². The molecule has 0 radical (unpaired) electrons. The Hall–Kier alpha value is -1.11. The van der Waals surface area contributed by atoms with E-state index in [1.807, 2.05) is 0 Å². The van der Waals surface area contributed by atoms with Crippen LogP contribution in [-0.4, -0.2) is 0 Å². The van der Waals surface area contributed by atoms with Gasteiger partial charge in [-0.25, -0.2) is 0 Å². The molecule has 0 heterocycles. The van der Waals surface area contributed by atoms with Crippen LogP contribution in [0.1, 0.15) is 0 Å². The summed E-state index contributed by atoms with van der Waals surface area (Å²) in [5.74, 6) is 0.602. The zero-order chi connectivity index (χ0) is 21.5. The van der Waals surface area contributed by atoms with E-state index in [-0.39, 0.29) is 69.5 Å². The molecule has 0 amide bonds. The number of anilines is 2. The maximum atomic E-state index is 6.19. The number of ether oxygens (including phenoxy) is 2. The molecular formula is C18H9Cl7N2O2. The van der Waals surface area contributed by atoms with Gasteiger partial charge in [0.1, 0.15) is 31.6 Å². The summed E-state index contributed by atoms with van der Waals surface area (Å²) < 4.78 is 11.5. The lowest BCUT2D eigenvalue weighted by Crippen LogP contribution is -1.95. The first kappa shape index (κ1) is 22.6. The topological polar surface area (TPSA) is 70.5 Å². The molecule has 0 atom stereocenters.